The number of benzene rings is 5. The zero-order valence-electron chi connectivity index (χ0n) is 66.4. The van der Waals surface area contributed by atoms with Crippen LogP contribution in [-0.2, 0) is 106 Å². The largest absolute Gasteiger partial charge is 0.508 e. The number of aliphatic hydroxyl groups is 3. The standard InChI is InChI=1S/C83H109N17O18/c1-47(2)38-59-75(109)95-64(41-50-18-10-6-11-19-50)82(116)100-35-15-23-65(100)80(114)94-60(39-49-16-8-5-9-17-49)76(110)92-62(42-55-45-99(98-97-55)36-37-117-83-70(72(106)71(105)66(46-101)118-83)87-44-52-24-28-54(29-25-52)53-20-12-7-13-21-53)77(111)93-63(43-68(86)104)78(112)88-58(32-33-67(85)103)74(108)91-61(40-51-26-30-56(102)31-27-51)79(113)96-69(48(3)4)81(115)89-57(22-14-34-84)73(107)90-59/h5-13,16-21,24-31,45,47-48,57-66,69-72,83,87,101-102,105-106H,14-15,22-23,32-44,46,84H2,1-4H3,(H2,85,103)(H2,86,104)(H,88,112)(H,89,115)(H,90,107)(H,91,108)(H,92,110)(H,93,111)(H,94,114)(H,95,109)(H,96,113)/t57-,58-,59-,60-,61-,62+,63-,64+,65-,66+,69-,70+,71+,72+,83+/m0/s1. The molecule has 634 valence electrons. The van der Waals surface area contributed by atoms with Crippen LogP contribution in [0.5, 0.6) is 5.75 Å². The van der Waals surface area contributed by atoms with Gasteiger partial charge in [0.1, 0.15) is 84.5 Å². The molecule has 0 radical (unpaired) electrons. The van der Waals surface area contributed by atoms with E-state index in [0.717, 1.165) is 16.7 Å². The number of nitrogens with two attached hydrogens (primary N) is 3. The molecule has 4 heterocycles. The van der Waals surface area contributed by atoms with Crippen LogP contribution in [0.2, 0.25) is 0 Å². The molecular weight excluding hydrogens is 1520 g/mol. The van der Waals surface area contributed by atoms with Crippen molar-refractivity contribution in [1.29, 1.82) is 0 Å². The van der Waals surface area contributed by atoms with Crippen LogP contribution in [0.1, 0.15) is 107 Å². The summed E-state index contributed by atoms with van der Waals surface area (Å²) in [4.78, 5) is 177. The molecule has 118 heavy (non-hydrogen) atoms. The number of aliphatic hydroxyl groups excluding tert-OH is 3. The third kappa shape index (κ3) is 26.5. The van der Waals surface area contributed by atoms with Crippen LogP contribution in [0, 0.1) is 11.8 Å². The molecule has 20 N–H and O–H groups in total. The predicted molar refractivity (Wildman–Crippen MR) is 429 cm³/mol. The SMILES string of the molecule is CC(C)C[C@@H]1NC(=O)[C@H](CCCN)NC(=O)[C@H](C(C)C)NC(=O)[C@H](Cc2ccc(O)cc2)NC(=O)[C@H](CCC(N)=O)NC(=O)[C@H](CC(N)=O)NC(=O)[C@@H](Cc2cn(CCO[C@@H]3O[C@H](CO)[C@@H](O)[C@H](O)[C@H]3NCc3ccc(-c4ccccc4)cc3)nn2)NC(=O)[C@H](Cc2ccccc2)NC(=O)[C@@H]2CCCN2C(=O)[C@@H](Cc2ccccc2)NC1=O. The van der Waals surface area contributed by atoms with Crippen molar-refractivity contribution in [1.82, 2.24) is 73.1 Å². The van der Waals surface area contributed by atoms with Crippen molar-refractivity contribution < 1.29 is 87.4 Å². The minimum Gasteiger partial charge on any atom is -0.508 e. The van der Waals surface area contributed by atoms with Gasteiger partial charge >= 0.3 is 0 Å². The highest BCUT2D eigenvalue weighted by Gasteiger charge is 2.46. The molecule has 15 atom stereocenters. The third-order valence-electron chi connectivity index (χ3n) is 20.6. The molecule has 0 aliphatic carbocycles. The molecule has 0 spiro atoms. The molecule has 35 heteroatoms. The summed E-state index contributed by atoms with van der Waals surface area (Å²) in [5.41, 5.74) is 21.6. The summed E-state index contributed by atoms with van der Waals surface area (Å²) in [7, 11) is 0. The second kappa shape index (κ2) is 44.1. The van der Waals surface area contributed by atoms with Gasteiger partial charge in [-0.2, -0.15) is 0 Å². The number of phenolic OH excluding ortho intramolecular Hbond substituents is 1. The number of nitrogens with zero attached hydrogens (tertiary/aromatic N) is 4. The average Bonchev–Trinajstić information content (AvgIpc) is 1.18. The second-order valence-electron chi connectivity index (χ2n) is 30.6. The summed E-state index contributed by atoms with van der Waals surface area (Å²) < 4.78 is 13.5. The van der Waals surface area contributed by atoms with E-state index in [-0.39, 0.29) is 102 Å². The van der Waals surface area contributed by atoms with E-state index in [0.29, 0.717) is 16.7 Å². The summed E-state index contributed by atoms with van der Waals surface area (Å²) >= 11 is 0. The summed E-state index contributed by atoms with van der Waals surface area (Å²) in [6, 6.07) is 23.5. The number of hydrogen-bond acceptors (Lipinski definition) is 22. The van der Waals surface area contributed by atoms with E-state index in [9.17, 15) is 58.8 Å². The fourth-order valence-corrected chi connectivity index (χ4v) is 14.2. The average molecular weight is 1630 g/mol. The van der Waals surface area contributed by atoms with E-state index < -0.39 is 200 Å². The molecule has 3 fully saturated rings. The van der Waals surface area contributed by atoms with Crippen LogP contribution in [0.3, 0.4) is 0 Å². The lowest BCUT2D eigenvalue weighted by Crippen LogP contribution is -2.63. The number of amides is 12. The van der Waals surface area contributed by atoms with E-state index in [2.05, 4.69) is 63.5 Å². The minimum absolute atomic E-state index is 0.0130. The van der Waals surface area contributed by atoms with Gasteiger partial charge in [-0.3, -0.25) is 57.5 Å². The molecule has 3 aliphatic heterocycles. The predicted octanol–water partition coefficient (Wildman–Crippen LogP) is -1.52. The van der Waals surface area contributed by atoms with Crippen molar-refractivity contribution in [3.05, 3.63) is 174 Å². The van der Waals surface area contributed by atoms with Gasteiger partial charge in [0.05, 0.1) is 37.9 Å². The van der Waals surface area contributed by atoms with Crippen molar-refractivity contribution in [2.24, 2.45) is 29.0 Å². The van der Waals surface area contributed by atoms with E-state index in [1.165, 1.54) is 40.0 Å². The Morgan fingerprint density at radius 3 is 1.64 bits per heavy atom. The molecule has 3 saturated heterocycles. The Balaban J connectivity index is 1.06. The normalized spacial score (nSPS) is 25.2. The van der Waals surface area contributed by atoms with E-state index in [4.69, 9.17) is 26.7 Å². The third-order valence-corrected chi connectivity index (χ3v) is 20.6. The molecule has 0 bridgehead atoms. The van der Waals surface area contributed by atoms with Crippen molar-refractivity contribution in [2.75, 3.05) is 26.3 Å². The Morgan fingerprint density at radius 1 is 0.559 bits per heavy atom. The summed E-state index contributed by atoms with van der Waals surface area (Å²) in [5.74, 6) is -12.8. The number of carbonyl (C=O) groups is 12. The number of nitrogens with one attached hydrogen (secondary N) is 10. The number of rotatable bonds is 28. The summed E-state index contributed by atoms with van der Waals surface area (Å²) in [6.07, 6.45) is -6.89. The first-order valence-corrected chi connectivity index (χ1v) is 39.7. The zero-order chi connectivity index (χ0) is 85.1. The fourth-order valence-electron chi connectivity index (χ4n) is 14.2. The molecule has 6 aromatic rings. The first kappa shape index (κ1) is 90.3. The smallest absolute Gasteiger partial charge is 0.246 e. The number of hydrogen-bond donors (Lipinski definition) is 17. The second-order valence-corrected chi connectivity index (χ2v) is 30.6. The van der Waals surface area contributed by atoms with Gasteiger partial charge in [0, 0.05) is 51.4 Å². The first-order valence-electron chi connectivity index (χ1n) is 39.7. The minimum atomic E-state index is -1.99. The maximum absolute atomic E-state index is 15.4. The number of phenols is 1. The van der Waals surface area contributed by atoms with Crippen molar-refractivity contribution >= 4 is 70.9 Å². The van der Waals surface area contributed by atoms with Crippen LogP contribution in [-0.4, -0.2) is 229 Å². The molecule has 0 unspecified atom stereocenters. The Bertz CT molecular complexity index is 4370. The van der Waals surface area contributed by atoms with Crippen LogP contribution < -0.4 is 70.4 Å². The van der Waals surface area contributed by atoms with Gasteiger partial charge in [-0.1, -0.05) is 160 Å². The molecule has 1 aromatic heterocycles. The lowest BCUT2D eigenvalue weighted by atomic mass is 9.96. The Labute approximate surface area is 683 Å². The Kier molecular flexibility index (Phi) is 33.8. The molecule has 0 saturated carbocycles. The topological polar surface area (TPSA) is 537 Å². The lowest BCUT2D eigenvalue weighted by molar-refractivity contribution is -0.271. The number of ether oxygens (including phenoxy) is 2. The lowest BCUT2D eigenvalue weighted by Gasteiger charge is -2.42. The highest BCUT2D eigenvalue weighted by molar-refractivity contribution is 6.01. The van der Waals surface area contributed by atoms with Crippen LogP contribution >= 0.6 is 0 Å². The molecule has 3 aliphatic rings. The molecule has 9 rings (SSSR count). The van der Waals surface area contributed by atoms with Gasteiger partial charge < -0.3 is 105 Å². The van der Waals surface area contributed by atoms with Gasteiger partial charge in [-0.25, -0.2) is 4.68 Å². The molecule has 35 nitrogen and oxygen atoms in total. The zero-order valence-corrected chi connectivity index (χ0v) is 66.4. The van der Waals surface area contributed by atoms with Crippen molar-refractivity contribution in [2.45, 2.75) is 209 Å². The van der Waals surface area contributed by atoms with Crippen molar-refractivity contribution in [3.8, 4) is 16.9 Å². The quantitative estimate of drug-likeness (QED) is 0.0265. The molecular formula is C83H109N17O18. The summed E-state index contributed by atoms with van der Waals surface area (Å²) in [6.45, 7) is 6.13. The fraction of sp³-hybridized carbons (Fsp3) is 0.470. The van der Waals surface area contributed by atoms with E-state index in [1.54, 1.807) is 74.5 Å². The van der Waals surface area contributed by atoms with Gasteiger partial charge in [-0.15, -0.1) is 5.10 Å². The number of fused-ring (bicyclic) bond motifs is 1. The number of carbonyl (C=O) groups excluding carboxylic acids is 12. The maximum atomic E-state index is 15.4. The number of primary amides is 2. The summed E-state index contributed by atoms with van der Waals surface area (Å²) in [5, 5.41) is 78.7. The maximum Gasteiger partial charge on any atom is 0.246 e. The van der Waals surface area contributed by atoms with Crippen LogP contribution in [0.4, 0.5) is 0 Å². The Hall–Kier alpha value is -11.6. The van der Waals surface area contributed by atoms with Gasteiger partial charge in [0.2, 0.25) is 70.9 Å². The van der Waals surface area contributed by atoms with Gasteiger partial charge in [0.25, 0.3) is 0 Å². The number of aromatic nitrogens is 3. The first-order chi connectivity index (χ1) is 56.5. The van der Waals surface area contributed by atoms with Crippen molar-refractivity contribution in [3.63, 3.8) is 0 Å². The molecule has 12 amide bonds. The van der Waals surface area contributed by atoms with Gasteiger partial charge in [-0.05, 0) is 102 Å². The van der Waals surface area contributed by atoms with E-state index >= 15 is 19.2 Å². The highest BCUT2D eigenvalue weighted by Crippen LogP contribution is 2.26. The highest BCUT2D eigenvalue weighted by atomic mass is 16.7. The molecule has 5 aromatic carbocycles. The number of aromatic hydroxyl groups is 1. The Morgan fingerprint density at radius 2 is 1.05 bits per heavy atom. The van der Waals surface area contributed by atoms with Crippen LogP contribution in [0.25, 0.3) is 11.1 Å². The van der Waals surface area contributed by atoms with Gasteiger partial charge in [0.15, 0.2) is 6.29 Å². The monoisotopic (exact) mass is 1630 g/mol. The van der Waals surface area contributed by atoms with E-state index in [1.807, 2.05) is 68.4 Å². The van der Waals surface area contributed by atoms with Crippen LogP contribution in [0.15, 0.2) is 146 Å².